The molecule has 0 saturated heterocycles. The van der Waals surface area contributed by atoms with Crippen molar-refractivity contribution >= 4 is 0 Å². The van der Waals surface area contributed by atoms with Crippen LogP contribution in [-0.4, -0.2) is 0 Å². The Morgan fingerprint density at radius 3 is 2.60 bits per heavy atom. The summed E-state index contributed by atoms with van der Waals surface area (Å²) in [6.45, 7) is 2.17. The highest BCUT2D eigenvalue weighted by atomic mass is 19.1. The van der Waals surface area contributed by atoms with Gasteiger partial charge in [0.1, 0.15) is 0 Å². The summed E-state index contributed by atoms with van der Waals surface area (Å²) in [7, 11) is 0. The highest BCUT2D eigenvalue weighted by molar-refractivity contribution is 4.98. The van der Waals surface area contributed by atoms with Crippen LogP contribution in [0.15, 0.2) is 24.6 Å². The van der Waals surface area contributed by atoms with Crippen molar-refractivity contribution in [3.8, 4) is 0 Å². The van der Waals surface area contributed by atoms with E-state index in [1.54, 1.807) is 6.08 Å². The second-order valence-corrected chi connectivity index (χ2v) is 2.24. The van der Waals surface area contributed by atoms with E-state index in [0.29, 0.717) is 6.33 Å². The molecule has 0 aliphatic heterocycles. The summed E-state index contributed by atoms with van der Waals surface area (Å²) < 4.78 is 11.3. The fourth-order valence-electron chi connectivity index (χ4n) is 0.729. The number of allylic oxidation sites excluding steroid dienone is 3. The Bertz CT molecular complexity index is 103. The van der Waals surface area contributed by atoms with Crippen LogP contribution in [0.5, 0.6) is 0 Å². The second-order valence-electron chi connectivity index (χ2n) is 2.24. The van der Waals surface area contributed by atoms with Crippen molar-refractivity contribution in [3.05, 3.63) is 24.6 Å². The van der Waals surface area contributed by atoms with Crippen LogP contribution in [-0.2, 0) is 0 Å². The Morgan fingerprint density at radius 2 is 2.00 bits per heavy atom. The van der Waals surface area contributed by atoms with Crippen LogP contribution in [0.25, 0.3) is 0 Å². The number of hydrogen-bond donors (Lipinski definition) is 0. The highest BCUT2D eigenvalue weighted by Crippen LogP contribution is 1.99. The van der Waals surface area contributed by atoms with Gasteiger partial charge >= 0.3 is 0 Å². The van der Waals surface area contributed by atoms with E-state index in [2.05, 4.69) is 6.92 Å². The Balaban J connectivity index is 3.02. The third kappa shape index (κ3) is 7.41. The molecule has 0 bridgehead atoms. The minimum Gasteiger partial charge on any atom is -0.216 e. The van der Waals surface area contributed by atoms with E-state index in [9.17, 15) is 4.39 Å². The van der Waals surface area contributed by atoms with Crippen molar-refractivity contribution in [2.75, 3.05) is 0 Å². The van der Waals surface area contributed by atoms with Gasteiger partial charge in [-0.3, -0.25) is 0 Å². The van der Waals surface area contributed by atoms with Crippen molar-refractivity contribution in [3.63, 3.8) is 0 Å². The van der Waals surface area contributed by atoms with Crippen molar-refractivity contribution in [1.82, 2.24) is 0 Å². The van der Waals surface area contributed by atoms with Crippen LogP contribution in [0.3, 0.4) is 0 Å². The molecule has 0 saturated carbocycles. The molecule has 10 heavy (non-hydrogen) atoms. The van der Waals surface area contributed by atoms with Crippen molar-refractivity contribution in [2.45, 2.75) is 32.6 Å². The van der Waals surface area contributed by atoms with Crippen LogP contribution in [0.4, 0.5) is 4.39 Å². The van der Waals surface area contributed by atoms with Crippen LogP contribution in [0, 0.1) is 0 Å². The van der Waals surface area contributed by atoms with E-state index in [0.717, 1.165) is 6.42 Å². The summed E-state index contributed by atoms with van der Waals surface area (Å²) in [5.74, 6) is 0. The Morgan fingerprint density at radius 1 is 1.20 bits per heavy atom. The van der Waals surface area contributed by atoms with Crippen LogP contribution >= 0.6 is 0 Å². The van der Waals surface area contributed by atoms with E-state index in [1.165, 1.54) is 25.3 Å². The Kier molecular flexibility index (Phi) is 7.91. The minimum atomic E-state index is 0.552. The summed E-state index contributed by atoms with van der Waals surface area (Å²) in [5.41, 5.74) is 0. The molecule has 0 aliphatic rings. The smallest absolute Gasteiger partial charge is 0.0866 e. The molecule has 0 radical (unpaired) electrons. The van der Waals surface area contributed by atoms with Gasteiger partial charge in [0.15, 0.2) is 0 Å². The Hall–Kier alpha value is -0.590. The van der Waals surface area contributed by atoms with Crippen molar-refractivity contribution in [2.24, 2.45) is 0 Å². The number of hydrogen-bond acceptors (Lipinski definition) is 0. The molecule has 0 aliphatic carbocycles. The van der Waals surface area contributed by atoms with E-state index in [-0.39, 0.29) is 0 Å². The maximum atomic E-state index is 11.3. The molecule has 0 aromatic heterocycles. The maximum Gasteiger partial charge on any atom is 0.0866 e. The molecule has 0 atom stereocenters. The summed E-state index contributed by atoms with van der Waals surface area (Å²) in [5, 5.41) is 0. The molecule has 0 heterocycles. The number of halogens is 1. The molecule has 0 fully saturated rings. The molecular weight excluding hydrogens is 127 g/mol. The van der Waals surface area contributed by atoms with Gasteiger partial charge in [0, 0.05) is 0 Å². The van der Waals surface area contributed by atoms with Crippen molar-refractivity contribution < 1.29 is 4.39 Å². The first-order valence-electron chi connectivity index (χ1n) is 3.83. The van der Waals surface area contributed by atoms with E-state index in [4.69, 9.17) is 0 Å². The van der Waals surface area contributed by atoms with Crippen LogP contribution in [0.1, 0.15) is 32.6 Å². The van der Waals surface area contributed by atoms with Gasteiger partial charge < -0.3 is 0 Å². The van der Waals surface area contributed by atoms with E-state index < -0.39 is 0 Å². The number of unbranched alkanes of at least 4 members (excludes halogenated alkanes) is 3. The minimum absolute atomic E-state index is 0.552. The van der Waals surface area contributed by atoms with E-state index >= 15 is 0 Å². The van der Waals surface area contributed by atoms with Crippen LogP contribution < -0.4 is 0 Å². The van der Waals surface area contributed by atoms with E-state index in [1.807, 2.05) is 6.08 Å². The monoisotopic (exact) mass is 142 g/mol. The molecule has 0 unspecified atom stereocenters. The van der Waals surface area contributed by atoms with Gasteiger partial charge in [-0.2, -0.15) is 0 Å². The first-order chi connectivity index (χ1) is 4.91. The molecule has 0 aromatic carbocycles. The lowest BCUT2D eigenvalue weighted by molar-refractivity contribution is 0.720. The standard InChI is InChI=1S/C9H15F/c1-2-3-4-5-6-7-8-9-10/h6-9H,2-5H2,1H3. The molecule has 0 N–H and O–H groups in total. The van der Waals surface area contributed by atoms with Gasteiger partial charge in [-0.1, -0.05) is 31.9 Å². The molecule has 1 heteroatoms. The molecule has 0 spiro atoms. The molecule has 58 valence electrons. The van der Waals surface area contributed by atoms with Crippen LogP contribution in [0.2, 0.25) is 0 Å². The lowest BCUT2D eigenvalue weighted by Crippen LogP contribution is -1.69. The predicted octanol–water partition coefficient (Wildman–Crippen LogP) is 3.61. The first kappa shape index (κ1) is 9.41. The van der Waals surface area contributed by atoms with Crippen molar-refractivity contribution in [1.29, 1.82) is 0 Å². The zero-order chi connectivity index (χ0) is 7.66. The van der Waals surface area contributed by atoms with Gasteiger partial charge in [0.05, 0.1) is 6.33 Å². The zero-order valence-electron chi connectivity index (χ0n) is 6.52. The fraction of sp³-hybridized carbons (Fsp3) is 0.556. The SMILES string of the molecule is CCCCCC=CC=CF. The molecular formula is C9H15F. The second kappa shape index (κ2) is 8.41. The van der Waals surface area contributed by atoms with Gasteiger partial charge in [0.2, 0.25) is 0 Å². The summed E-state index contributed by atoms with van der Waals surface area (Å²) in [6, 6.07) is 0. The normalized spacial score (nSPS) is 11.8. The predicted molar refractivity (Wildman–Crippen MR) is 43.5 cm³/mol. The Labute approximate surface area is 62.4 Å². The summed E-state index contributed by atoms with van der Waals surface area (Å²) in [4.78, 5) is 0. The largest absolute Gasteiger partial charge is 0.216 e. The average molecular weight is 142 g/mol. The third-order valence-corrected chi connectivity index (χ3v) is 1.29. The quantitative estimate of drug-likeness (QED) is 0.406. The summed E-state index contributed by atoms with van der Waals surface area (Å²) >= 11 is 0. The fourth-order valence-corrected chi connectivity index (χ4v) is 0.729. The van der Waals surface area contributed by atoms with Gasteiger partial charge in [-0.15, -0.1) is 0 Å². The first-order valence-corrected chi connectivity index (χ1v) is 3.83. The third-order valence-electron chi connectivity index (χ3n) is 1.29. The topological polar surface area (TPSA) is 0 Å². The maximum absolute atomic E-state index is 11.3. The average Bonchev–Trinajstić information content (AvgIpc) is 1.97. The number of rotatable bonds is 5. The molecule has 0 aromatic rings. The highest BCUT2D eigenvalue weighted by Gasteiger charge is 1.79. The van der Waals surface area contributed by atoms with Gasteiger partial charge in [-0.25, -0.2) is 4.39 Å². The molecule has 0 amide bonds. The summed E-state index contributed by atoms with van der Waals surface area (Å²) in [6.07, 6.45) is 10.5. The lowest BCUT2D eigenvalue weighted by Gasteiger charge is -1.89. The van der Waals surface area contributed by atoms with Gasteiger partial charge in [-0.05, 0) is 18.9 Å². The zero-order valence-corrected chi connectivity index (χ0v) is 6.52. The lowest BCUT2D eigenvalue weighted by atomic mass is 10.2. The van der Waals surface area contributed by atoms with Gasteiger partial charge in [0.25, 0.3) is 0 Å². The molecule has 0 nitrogen and oxygen atoms in total. The molecule has 0 rings (SSSR count).